The van der Waals surface area contributed by atoms with Crippen molar-refractivity contribution in [1.82, 2.24) is 4.57 Å². The number of aromatic nitrogens is 1. The van der Waals surface area contributed by atoms with E-state index in [0.29, 0.717) is 0 Å². The fourth-order valence-corrected chi connectivity index (χ4v) is 8.20. The van der Waals surface area contributed by atoms with Crippen molar-refractivity contribution in [1.29, 1.82) is 0 Å². The summed E-state index contributed by atoms with van der Waals surface area (Å²) in [5.74, 6) is 0. The first kappa shape index (κ1) is 24.7. The molecule has 0 bridgehead atoms. The van der Waals surface area contributed by atoms with E-state index in [4.69, 9.17) is 0 Å². The highest BCUT2D eigenvalue weighted by Crippen LogP contribution is 2.57. The fourth-order valence-electron chi connectivity index (χ4n) is 8.20. The Morgan fingerprint density at radius 1 is 0.419 bits per heavy atom. The molecule has 2 aliphatic carbocycles. The maximum Gasteiger partial charge on any atom is 0.0541 e. The second kappa shape index (κ2) is 8.36. The quantitative estimate of drug-likeness (QED) is 0.201. The van der Waals surface area contributed by atoms with Gasteiger partial charge < -0.3 is 4.57 Å². The smallest absolute Gasteiger partial charge is 0.0541 e. The lowest BCUT2D eigenvalue weighted by molar-refractivity contribution is 0.652. The van der Waals surface area contributed by atoms with Crippen LogP contribution in [0.4, 0.5) is 0 Å². The van der Waals surface area contributed by atoms with Crippen LogP contribution < -0.4 is 0 Å². The Morgan fingerprint density at radius 3 is 1.72 bits per heavy atom. The topological polar surface area (TPSA) is 4.93 Å². The van der Waals surface area contributed by atoms with E-state index in [2.05, 4.69) is 160 Å². The van der Waals surface area contributed by atoms with Crippen LogP contribution in [0.2, 0.25) is 0 Å². The van der Waals surface area contributed by atoms with Crippen LogP contribution in [-0.2, 0) is 10.8 Å². The Balaban J connectivity index is 1.26. The molecule has 0 saturated carbocycles. The molecular weight excluding hydrogens is 518 g/mol. The van der Waals surface area contributed by atoms with Gasteiger partial charge in [0.1, 0.15) is 0 Å². The molecule has 1 aromatic heterocycles. The zero-order valence-electron chi connectivity index (χ0n) is 25.1. The van der Waals surface area contributed by atoms with E-state index in [1.807, 2.05) is 0 Å². The summed E-state index contributed by atoms with van der Waals surface area (Å²) in [5.41, 5.74) is 17.4. The molecule has 0 fully saturated rings. The van der Waals surface area contributed by atoms with Gasteiger partial charge in [0.15, 0.2) is 0 Å². The molecule has 9 rings (SSSR count). The van der Waals surface area contributed by atoms with Crippen molar-refractivity contribution in [3.05, 3.63) is 150 Å². The predicted octanol–water partition coefficient (Wildman–Crippen LogP) is 11.1. The summed E-state index contributed by atoms with van der Waals surface area (Å²) >= 11 is 0. The highest BCUT2D eigenvalue weighted by atomic mass is 15.0. The molecule has 0 spiro atoms. The van der Waals surface area contributed by atoms with Crippen molar-refractivity contribution in [2.45, 2.75) is 38.5 Å². The number of nitrogens with zero attached hydrogens (tertiary/aromatic N) is 1. The molecule has 1 nitrogen and oxygen atoms in total. The standard InChI is InChI=1S/C42H33N/c1-41(2)34-18-12-17-28(26-13-6-5-7-14-26)40(34)33-25-36-32(24-37(33)41)29-22-21-27(23-35(29)42(36,3)4)43-38-19-10-8-15-30(38)31-16-9-11-20-39(31)43/h5-25H,1-4H3. The van der Waals surface area contributed by atoms with Crippen molar-refractivity contribution < 1.29 is 0 Å². The van der Waals surface area contributed by atoms with Gasteiger partial charge in [-0.1, -0.05) is 119 Å². The Bertz CT molecular complexity index is 2220. The maximum absolute atomic E-state index is 2.53. The highest BCUT2D eigenvalue weighted by Gasteiger charge is 2.42. The van der Waals surface area contributed by atoms with E-state index in [1.165, 1.54) is 83.1 Å². The molecule has 7 aromatic rings. The average molecular weight is 552 g/mol. The summed E-state index contributed by atoms with van der Waals surface area (Å²) in [4.78, 5) is 0. The number of benzene rings is 6. The van der Waals surface area contributed by atoms with E-state index < -0.39 is 0 Å². The molecule has 0 radical (unpaired) electrons. The Morgan fingerprint density at radius 2 is 1.00 bits per heavy atom. The number of hydrogen-bond acceptors (Lipinski definition) is 0. The lowest BCUT2D eigenvalue weighted by atomic mass is 9.79. The number of hydrogen-bond donors (Lipinski definition) is 0. The molecular formula is C42H33N. The maximum atomic E-state index is 2.53. The summed E-state index contributed by atoms with van der Waals surface area (Å²) in [6.07, 6.45) is 0. The Hall–Kier alpha value is -4.88. The molecule has 0 aliphatic heterocycles. The second-order valence-corrected chi connectivity index (χ2v) is 13.4. The van der Waals surface area contributed by atoms with Crippen molar-refractivity contribution in [2.24, 2.45) is 0 Å². The first-order valence-corrected chi connectivity index (χ1v) is 15.4. The molecule has 0 N–H and O–H groups in total. The van der Waals surface area contributed by atoms with Crippen LogP contribution in [0.1, 0.15) is 49.9 Å². The molecule has 2 aliphatic rings. The van der Waals surface area contributed by atoms with E-state index in [-0.39, 0.29) is 10.8 Å². The minimum absolute atomic E-state index is 0.0692. The first-order valence-electron chi connectivity index (χ1n) is 15.4. The molecule has 0 saturated heterocycles. The van der Waals surface area contributed by atoms with Crippen molar-refractivity contribution in [3.8, 4) is 39.1 Å². The van der Waals surface area contributed by atoms with Gasteiger partial charge in [-0.05, 0) is 92.0 Å². The van der Waals surface area contributed by atoms with Gasteiger partial charge in [-0.15, -0.1) is 0 Å². The molecule has 206 valence electrons. The molecule has 1 heteroatoms. The lowest BCUT2D eigenvalue weighted by Gasteiger charge is -2.24. The predicted molar refractivity (Wildman–Crippen MR) is 181 cm³/mol. The SMILES string of the molecule is CC1(C)c2cc(-n3c4ccccc4c4ccccc43)ccc2-c2cc3c(cc21)-c1c(-c2ccccc2)cccc1C3(C)C. The van der Waals surface area contributed by atoms with Crippen molar-refractivity contribution >= 4 is 21.8 Å². The van der Waals surface area contributed by atoms with Crippen LogP contribution in [0.15, 0.2) is 127 Å². The van der Waals surface area contributed by atoms with Crippen LogP contribution in [0, 0.1) is 0 Å². The molecule has 0 amide bonds. The van der Waals surface area contributed by atoms with Crippen LogP contribution in [0.5, 0.6) is 0 Å². The van der Waals surface area contributed by atoms with Gasteiger partial charge in [0.05, 0.1) is 11.0 Å². The number of para-hydroxylation sites is 2. The minimum Gasteiger partial charge on any atom is -0.309 e. The first-order chi connectivity index (χ1) is 20.9. The van der Waals surface area contributed by atoms with Gasteiger partial charge in [0.2, 0.25) is 0 Å². The third-order valence-corrected chi connectivity index (χ3v) is 10.4. The number of fused-ring (bicyclic) bond motifs is 9. The van der Waals surface area contributed by atoms with Gasteiger partial charge in [-0.25, -0.2) is 0 Å². The van der Waals surface area contributed by atoms with Crippen LogP contribution >= 0.6 is 0 Å². The van der Waals surface area contributed by atoms with Gasteiger partial charge in [0, 0.05) is 27.3 Å². The van der Waals surface area contributed by atoms with Crippen molar-refractivity contribution in [2.75, 3.05) is 0 Å². The van der Waals surface area contributed by atoms with Gasteiger partial charge in [-0.2, -0.15) is 0 Å². The highest BCUT2D eigenvalue weighted by molar-refractivity contribution is 6.09. The Labute approximate surface area is 253 Å². The zero-order valence-corrected chi connectivity index (χ0v) is 25.1. The van der Waals surface area contributed by atoms with Crippen LogP contribution in [0.3, 0.4) is 0 Å². The molecule has 0 unspecified atom stereocenters. The summed E-state index contributed by atoms with van der Waals surface area (Å²) in [5, 5.41) is 2.60. The van der Waals surface area contributed by atoms with Crippen molar-refractivity contribution in [3.63, 3.8) is 0 Å². The fraction of sp³-hybridized carbons (Fsp3) is 0.143. The lowest BCUT2D eigenvalue weighted by Crippen LogP contribution is -2.17. The van der Waals surface area contributed by atoms with E-state index in [0.717, 1.165) is 0 Å². The average Bonchev–Trinajstić information content (AvgIpc) is 3.57. The largest absolute Gasteiger partial charge is 0.309 e. The normalized spacial score (nSPS) is 15.3. The van der Waals surface area contributed by atoms with E-state index in [9.17, 15) is 0 Å². The molecule has 0 atom stereocenters. The third kappa shape index (κ3) is 3.17. The van der Waals surface area contributed by atoms with E-state index in [1.54, 1.807) is 0 Å². The summed E-state index contributed by atoms with van der Waals surface area (Å²) in [7, 11) is 0. The van der Waals surface area contributed by atoms with Crippen LogP contribution in [0.25, 0.3) is 60.9 Å². The summed E-state index contributed by atoms with van der Waals surface area (Å²) < 4.78 is 2.44. The van der Waals surface area contributed by atoms with Crippen LogP contribution in [-0.4, -0.2) is 4.57 Å². The number of rotatable bonds is 2. The third-order valence-electron chi connectivity index (χ3n) is 10.4. The minimum atomic E-state index is -0.122. The summed E-state index contributed by atoms with van der Waals surface area (Å²) in [6, 6.07) is 47.5. The van der Waals surface area contributed by atoms with E-state index >= 15 is 0 Å². The molecule has 6 aromatic carbocycles. The summed E-state index contributed by atoms with van der Waals surface area (Å²) in [6.45, 7) is 9.60. The zero-order chi connectivity index (χ0) is 29.1. The van der Waals surface area contributed by atoms with Gasteiger partial charge in [-0.3, -0.25) is 0 Å². The van der Waals surface area contributed by atoms with Gasteiger partial charge in [0.25, 0.3) is 0 Å². The molecule has 1 heterocycles. The monoisotopic (exact) mass is 551 g/mol. The second-order valence-electron chi connectivity index (χ2n) is 13.4. The molecule has 43 heavy (non-hydrogen) atoms. The Kier molecular flexibility index (Phi) is 4.80. The van der Waals surface area contributed by atoms with Gasteiger partial charge >= 0.3 is 0 Å².